The minimum Gasteiger partial charge on any atom is -0.454 e. The molecule has 140 valence electrons. The van der Waals surface area contributed by atoms with E-state index in [2.05, 4.69) is 15.3 Å². The first-order chi connectivity index (χ1) is 11.5. The largest absolute Gasteiger partial charge is 0.454 e. The van der Waals surface area contributed by atoms with Gasteiger partial charge in [-0.3, -0.25) is 0 Å². The standard InChI is InChI=1S/C16H12F3N3O2.2ClH/c17-16(18,19)15-21-11-3-1-2-10(14(11)22-15)20-7-9-4-5-12-13(6-9)24-8-23-12;;/h1-6,20H,7-8H2,(H,21,22);2*1H. The molecule has 0 unspecified atom stereocenters. The van der Waals surface area contributed by atoms with Gasteiger partial charge in [0.2, 0.25) is 12.6 Å². The number of ether oxygens (including phenoxy) is 2. The van der Waals surface area contributed by atoms with Crippen LogP contribution in [0.4, 0.5) is 18.9 Å². The van der Waals surface area contributed by atoms with Gasteiger partial charge in [0.05, 0.1) is 11.2 Å². The monoisotopic (exact) mass is 407 g/mol. The normalized spacial score (nSPS) is 12.4. The second kappa shape index (κ2) is 7.51. The topological polar surface area (TPSA) is 59.2 Å². The van der Waals surface area contributed by atoms with E-state index in [-0.39, 0.29) is 37.1 Å². The number of aromatic amines is 1. The van der Waals surface area contributed by atoms with Crippen molar-refractivity contribution < 1.29 is 22.6 Å². The average molecular weight is 408 g/mol. The van der Waals surface area contributed by atoms with Gasteiger partial charge in [-0.15, -0.1) is 24.8 Å². The van der Waals surface area contributed by atoms with Gasteiger partial charge < -0.3 is 19.8 Å². The summed E-state index contributed by atoms with van der Waals surface area (Å²) in [4.78, 5) is 5.96. The SMILES string of the molecule is Cl.Cl.FC(F)(F)c1nc2c(NCc3ccc4c(c3)OCO4)cccc2[nH]1. The third kappa shape index (κ3) is 3.76. The summed E-state index contributed by atoms with van der Waals surface area (Å²) < 4.78 is 48.9. The minimum absolute atomic E-state index is 0. The van der Waals surface area contributed by atoms with E-state index in [1.165, 1.54) is 0 Å². The molecule has 2 aromatic carbocycles. The lowest BCUT2D eigenvalue weighted by Crippen LogP contribution is -2.07. The summed E-state index contributed by atoms with van der Waals surface area (Å²) in [5, 5.41) is 3.11. The Morgan fingerprint density at radius 1 is 1.08 bits per heavy atom. The molecular formula is C16H14Cl2F3N3O2. The molecule has 0 saturated carbocycles. The molecule has 2 heterocycles. The molecule has 0 spiro atoms. The fourth-order valence-electron chi connectivity index (χ4n) is 2.56. The van der Waals surface area contributed by atoms with E-state index in [1.54, 1.807) is 24.3 Å². The van der Waals surface area contributed by atoms with Gasteiger partial charge in [-0.1, -0.05) is 12.1 Å². The van der Waals surface area contributed by atoms with Crippen LogP contribution in [0.5, 0.6) is 11.5 Å². The van der Waals surface area contributed by atoms with Gasteiger partial charge in [0, 0.05) is 6.54 Å². The zero-order valence-electron chi connectivity index (χ0n) is 13.1. The minimum atomic E-state index is -4.51. The van der Waals surface area contributed by atoms with E-state index in [1.807, 2.05) is 12.1 Å². The number of para-hydroxylation sites is 1. The zero-order chi connectivity index (χ0) is 16.7. The third-order valence-corrected chi connectivity index (χ3v) is 3.70. The molecule has 0 fully saturated rings. The molecule has 10 heteroatoms. The number of halogens is 5. The molecule has 1 aliphatic heterocycles. The lowest BCUT2D eigenvalue weighted by Gasteiger charge is -2.08. The second-order valence-corrected chi connectivity index (χ2v) is 5.33. The summed E-state index contributed by atoms with van der Waals surface area (Å²) in [6.07, 6.45) is -4.51. The molecule has 1 aromatic heterocycles. The number of nitrogens with one attached hydrogen (secondary N) is 2. The van der Waals surface area contributed by atoms with Gasteiger partial charge in [-0.05, 0) is 29.8 Å². The van der Waals surface area contributed by atoms with Gasteiger partial charge in [-0.25, -0.2) is 4.98 Å². The molecule has 26 heavy (non-hydrogen) atoms. The molecule has 0 aliphatic carbocycles. The predicted molar refractivity (Wildman–Crippen MR) is 95.5 cm³/mol. The first-order valence-corrected chi connectivity index (χ1v) is 7.19. The van der Waals surface area contributed by atoms with E-state index in [0.29, 0.717) is 29.2 Å². The van der Waals surface area contributed by atoms with Gasteiger partial charge in [0.15, 0.2) is 11.5 Å². The van der Waals surface area contributed by atoms with Gasteiger partial charge in [-0.2, -0.15) is 13.2 Å². The van der Waals surface area contributed by atoms with Crippen LogP contribution in [0.2, 0.25) is 0 Å². The van der Waals surface area contributed by atoms with Gasteiger partial charge in [0.25, 0.3) is 0 Å². The highest BCUT2D eigenvalue weighted by atomic mass is 35.5. The summed E-state index contributed by atoms with van der Waals surface area (Å²) >= 11 is 0. The average Bonchev–Trinajstić information content (AvgIpc) is 3.18. The van der Waals surface area contributed by atoms with E-state index >= 15 is 0 Å². The molecule has 0 amide bonds. The number of fused-ring (bicyclic) bond motifs is 2. The fraction of sp³-hybridized carbons (Fsp3) is 0.188. The second-order valence-electron chi connectivity index (χ2n) is 5.33. The maximum absolute atomic E-state index is 12.8. The number of imidazole rings is 1. The number of hydrogen-bond acceptors (Lipinski definition) is 4. The number of alkyl halides is 3. The number of hydrogen-bond donors (Lipinski definition) is 2. The van der Waals surface area contributed by atoms with Crippen LogP contribution < -0.4 is 14.8 Å². The Hall–Kier alpha value is -2.32. The highest BCUT2D eigenvalue weighted by Crippen LogP contribution is 2.33. The van der Waals surface area contributed by atoms with Crippen molar-refractivity contribution in [1.29, 1.82) is 0 Å². The summed E-state index contributed by atoms with van der Waals surface area (Å²) in [6, 6.07) is 10.4. The quantitative estimate of drug-likeness (QED) is 0.656. The summed E-state index contributed by atoms with van der Waals surface area (Å²) in [7, 11) is 0. The highest BCUT2D eigenvalue weighted by molar-refractivity contribution is 5.88. The van der Waals surface area contributed by atoms with Crippen molar-refractivity contribution >= 4 is 41.5 Å². The van der Waals surface area contributed by atoms with Crippen molar-refractivity contribution in [3.05, 3.63) is 47.8 Å². The van der Waals surface area contributed by atoms with Gasteiger partial charge in [0.1, 0.15) is 5.52 Å². The van der Waals surface area contributed by atoms with E-state index in [4.69, 9.17) is 9.47 Å². The molecule has 0 atom stereocenters. The zero-order valence-corrected chi connectivity index (χ0v) is 14.7. The number of benzene rings is 2. The third-order valence-electron chi connectivity index (χ3n) is 3.70. The fourth-order valence-corrected chi connectivity index (χ4v) is 2.56. The van der Waals surface area contributed by atoms with Crippen LogP contribution in [-0.4, -0.2) is 16.8 Å². The molecule has 1 aliphatic rings. The lowest BCUT2D eigenvalue weighted by atomic mass is 10.2. The molecule has 0 saturated heterocycles. The highest BCUT2D eigenvalue weighted by Gasteiger charge is 2.35. The van der Waals surface area contributed by atoms with Crippen LogP contribution in [0.1, 0.15) is 11.4 Å². The van der Waals surface area contributed by atoms with Crippen LogP contribution in [0.15, 0.2) is 36.4 Å². The van der Waals surface area contributed by atoms with Crippen molar-refractivity contribution in [3.8, 4) is 11.5 Å². The summed E-state index contributed by atoms with van der Waals surface area (Å²) in [5.74, 6) is 0.337. The Labute approximate surface area is 158 Å². The maximum atomic E-state index is 12.8. The maximum Gasteiger partial charge on any atom is 0.449 e. The van der Waals surface area contributed by atoms with Crippen LogP contribution in [0.3, 0.4) is 0 Å². The molecule has 0 radical (unpaired) electrons. The molecule has 3 aromatic rings. The number of nitrogens with zero attached hydrogens (tertiary/aromatic N) is 1. The van der Waals surface area contributed by atoms with E-state index in [9.17, 15) is 13.2 Å². The van der Waals surface area contributed by atoms with Crippen LogP contribution in [0.25, 0.3) is 11.0 Å². The number of aromatic nitrogens is 2. The molecule has 0 bridgehead atoms. The van der Waals surface area contributed by atoms with Crippen molar-refractivity contribution in [2.45, 2.75) is 12.7 Å². The van der Waals surface area contributed by atoms with Crippen LogP contribution in [-0.2, 0) is 12.7 Å². The van der Waals surface area contributed by atoms with Gasteiger partial charge >= 0.3 is 6.18 Å². The smallest absolute Gasteiger partial charge is 0.449 e. The summed E-state index contributed by atoms with van der Waals surface area (Å²) in [5.41, 5.74) is 2.03. The Morgan fingerprint density at radius 3 is 2.62 bits per heavy atom. The summed E-state index contributed by atoms with van der Waals surface area (Å²) in [6.45, 7) is 0.614. The van der Waals surface area contributed by atoms with Crippen molar-refractivity contribution in [3.63, 3.8) is 0 Å². The molecule has 2 N–H and O–H groups in total. The number of H-pyrrole nitrogens is 1. The predicted octanol–water partition coefficient (Wildman–Crippen LogP) is 4.77. The molecule has 4 rings (SSSR count). The number of rotatable bonds is 3. The first-order valence-electron chi connectivity index (χ1n) is 7.19. The van der Waals surface area contributed by atoms with Crippen molar-refractivity contribution in [1.82, 2.24) is 9.97 Å². The van der Waals surface area contributed by atoms with E-state index in [0.717, 1.165) is 5.56 Å². The Morgan fingerprint density at radius 2 is 1.85 bits per heavy atom. The van der Waals surface area contributed by atoms with Crippen molar-refractivity contribution in [2.75, 3.05) is 12.1 Å². The van der Waals surface area contributed by atoms with E-state index < -0.39 is 12.0 Å². The molecular weight excluding hydrogens is 394 g/mol. The Bertz CT molecular complexity index is 915. The number of anilines is 1. The Balaban J connectivity index is 0.00000121. The molecule has 5 nitrogen and oxygen atoms in total. The Kier molecular flexibility index (Phi) is 5.77. The van der Waals surface area contributed by atoms with Crippen LogP contribution >= 0.6 is 24.8 Å². The van der Waals surface area contributed by atoms with Crippen LogP contribution in [0, 0.1) is 0 Å². The lowest BCUT2D eigenvalue weighted by molar-refractivity contribution is -0.144. The first kappa shape index (κ1) is 20.0. The van der Waals surface area contributed by atoms with Crippen molar-refractivity contribution in [2.24, 2.45) is 0 Å².